The van der Waals surface area contributed by atoms with Gasteiger partial charge >= 0.3 is 0 Å². The number of anilines is 1. The molecule has 0 bridgehead atoms. The number of hydrogen-bond donors (Lipinski definition) is 1. The highest BCUT2D eigenvalue weighted by atomic mass is 15.2. The summed E-state index contributed by atoms with van der Waals surface area (Å²) >= 11 is 0. The first-order chi connectivity index (χ1) is 9.95. The predicted molar refractivity (Wildman–Crippen MR) is 93.1 cm³/mol. The van der Waals surface area contributed by atoms with Gasteiger partial charge in [0, 0.05) is 30.9 Å². The molecule has 1 N–H and O–H groups in total. The molecule has 2 atom stereocenters. The first kappa shape index (κ1) is 16.4. The molecule has 0 radical (unpaired) electrons. The van der Waals surface area contributed by atoms with E-state index in [1.54, 1.807) is 0 Å². The van der Waals surface area contributed by atoms with Crippen molar-refractivity contribution in [2.45, 2.75) is 66.0 Å². The molecule has 0 amide bonds. The Morgan fingerprint density at radius 1 is 1.33 bits per heavy atom. The molecule has 1 aliphatic rings. The number of fused-ring (bicyclic) bond motifs is 1. The van der Waals surface area contributed by atoms with Gasteiger partial charge in [0.05, 0.1) is 0 Å². The van der Waals surface area contributed by atoms with Crippen LogP contribution < -0.4 is 10.2 Å². The lowest BCUT2D eigenvalue weighted by atomic mass is 9.84. The van der Waals surface area contributed by atoms with Gasteiger partial charge in [-0.1, -0.05) is 52.3 Å². The molecule has 2 rings (SSSR count). The maximum atomic E-state index is 3.66. The van der Waals surface area contributed by atoms with E-state index in [1.165, 1.54) is 30.5 Å². The second-order valence-electron chi connectivity index (χ2n) is 7.41. The van der Waals surface area contributed by atoms with Crippen LogP contribution in [0.1, 0.15) is 53.0 Å². The lowest BCUT2D eigenvalue weighted by Gasteiger charge is -2.38. The van der Waals surface area contributed by atoms with Crippen LogP contribution in [0.15, 0.2) is 24.3 Å². The monoisotopic (exact) mass is 288 g/mol. The highest BCUT2D eigenvalue weighted by Crippen LogP contribution is 2.35. The van der Waals surface area contributed by atoms with Gasteiger partial charge in [0.15, 0.2) is 0 Å². The Balaban J connectivity index is 2.13. The second kappa shape index (κ2) is 6.83. The topological polar surface area (TPSA) is 15.3 Å². The zero-order valence-corrected chi connectivity index (χ0v) is 14.4. The van der Waals surface area contributed by atoms with E-state index >= 15 is 0 Å². The molecule has 1 heterocycles. The Labute approximate surface area is 130 Å². The van der Waals surface area contributed by atoms with Crippen molar-refractivity contribution in [3.05, 3.63) is 29.8 Å². The second-order valence-corrected chi connectivity index (χ2v) is 7.41. The first-order valence-electron chi connectivity index (χ1n) is 8.53. The van der Waals surface area contributed by atoms with Crippen LogP contribution in [0.4, 0.5) is 5.69 Å². The maximum Gasteiger partial charge on any atom is 0.0402 e. The molecule has 0 spiro atoms. The summed E-state index contributed by atoms with van der Waals surface area (Å²) in [5.41, 5.74) is 3.31. The molecule has 0 saturated heterocycles. The van der Waals surface area contributed by atoms with Crippen molar-refractivity contribution >= 4 is 5.69 Å². The molecule has 0 aliphatic carbocycles. The third-order valence-electron chi connectivity index (χ3n) is 4.69. The van der Waals surface area contributed by atoms with E-state index in [4.69, 9.17) is 0 Å². The fourth-order valence-electron chi connectivity index (χ4n) is 3.56. The fraction of sp³-hybridized carbons (Fsp3) is 0.684. The summed E-state index contributed by atoms with van der Waals surface area (Å²) in [6.07, 6.45) is 3.72. The summed E-state index contributed by atoms with van der Waals surface area (Å²) in [4.78, 5) is 2.63. The number of benzene rings is 1. The van der Waals surface area contributed by atoms with Crippen molar-refractivity contribution in [2.75, 3.05) is 18.0 Å². The average Bonchev–Trinajstić information content (AvgIpc) is 2.73. The third kappa shape index (κ3) is 4.00. The number of hydrogen-bond acceptors (Lipinski definition) is 2. The molecule has 0 aromatic heterocycles. The van der Waals surface area contributed by atoms with E-state index in [9.17, 15) is 0 Å². The molecule has 2 unspecified atom stereocenters. The molecule has 2 nitrogen and oxygen atoms in total. The average molecular weight is 288 g/mol. The highest BCUT2D eigenvalue weighted by molar-refractivity contribution is 5.59. The van der Waals surface area contributed by atoms with Crippen molar-refractivity contribution in [3.63, 3.8) is 0 Å². The Kier molecular flexibility index (Phi) is 5.32. The third-order valence-corrected chi connectivity index (χ3v) is 4.69. The molecule has 0 saturated carbocycles. The van der Waals surface area contributed by atoms with Crippen LogP contribution in [0.3, 0.4) is 0 Å². The van der Waals surface area contributed by atoms with E-state index in [2.05, 4.69) is 69.1 Å². The molecule has 0 fully saturated rings. The van der Waals surface area contributed by atoms with Crippen LogP contribution in [0.25, 0.3) is 0 Å². The van der Waals surface area contributed by atoms with Gasteiger partial charge in [-0.3, -0.25) is 0 Å². The molecule has 1 aromatic rings. The summed E-state index contributed by atoms with van der Waals surface area (Å²) in [6, 6.07) is 10.1. The van der Waals surface area contributed by atoms with Crippen LogP contribution in [-0.2, 0) is 6.42 Å². The van der Waals surface area contributed by atoms with Crippen molar-refractivity contribution < 1.29 is 0 Å². The van der Waals surface area contributed by atoms with Gasteiger partial charge in [-0.25, -0.2) is 0 Å². The minimum absolute atomic E-state index is 0.338. The van der Waals surface area contributed by atoms with Crippen LogP contribution in [0, 0.1) is 5.41 Å². The summed E-state index contributed by atoms with van der Waals surface area (Å²) in [7, 11) is 0. The zero-order valence-electron chi connectivity index (χ0n) is 14.4. The van der Waals surface area contributed by atoms with Crippen molar-refractivity contribution in [1.29, 1.82) is 0 Å². The lowest BCUT2D eigenvalue weighted by molar-refractivity contribution is 0.268. The van der Waals surface area contributed by atoms with Crippen molar-refractivity contribution in [1.82, 2.24) is 5.32 Å². The van der Waals surface area contributed by atoms with Gasteiger partial charge in [-0.05, 0) is 36.8 Å². The normalized spacial score (nSPS) is 20.7. The molecule has 2 heteroatoms. The van der Waals surface area contributed by atoms with E-state index < -0.39 is 0 Å². The SMILES string of the molecule is CCCC(C)(CNC(C)C)CN1c2ccccc2CC1C. The summed E-state index contributed by atoms with van der Waals surface area (Å²) in [5, 5.41) is 3.66. The molecule has 21 heavy (non-hydrogen) atoms. The van der Waals surface area contributed by atoms with Crippen molar-refractivity contribution in [2.24, 2.45) is 5.41 Å². The Morgan fingerprint density at radius 3 is 2.71 bits per heavy atom. The zero-order chi connectivity index (χ0) is 15.5. The number of nitrogens with zero attached hydrogens (tertiary/aromatic N) is 1. The number of rotatable bonds is 7. The van der Waals surface area contributed by atoms with Crippen LogP contribution >= 0.6 is 0 Å². The summed E-state index contributed by atoms with van der Waals surface area (Å²) in [5.74, 6) is 0. The molecule has 118 valence electrons. The molecular formula is C19H32N2. The Morgan fingerprint density at radius 2 is 2.05 bits per heavy atom. The van der Waals surface area contributed by atoms with Crippen LogP contribution in [0.2, 0.25) is 0 Å². The summed E-state index contributed by atoms with van der Waals surface area (Å²) < 4.78 is 0. The van der Waals surface area contributed by atoms with Gasteiger partial charge in [0.1, 0.15) is 0 Å². The lowest BCUT2D eigenvalue weighted by Crippen LogP contribution is -2.45. The largest absolute Gasteiger partial charge is 0.368 e. The Bertz CT molecular complexity index is 455. The van der Waals surface area contributed by atoms with Gasteiger partial charge in [-0.15, -0.1) is 0 Å². The quantitative estimate of drug-likeness (QED) is 0.807. The Hall–Kier alpha value is -1.02. The van der Waals surface area contributed by atoms with Gasteiger partial charge < -0.3 is 10.2 Å². The van der Waals surface area contributed by atoms with Crippen LogP contribution in [0.5, 0.6) is 0 Å². The van der Waals surface area contributed by atoms with E-state index in [0.717, 1.165) is 13.1 Å². The fourth-order valence-corrected chi connectivity index (χ4v) is 3.56. The van der Waals surface area contributed by atoms with E-state index in [-0.39, 0.29) is 0 Å². The highest BCUT2D eigenvalue weighted by Gasteiger charge is 2.32. The predicted octanol–water partition coefficient (Wildman–Crippen LogP) is 4.24. The summed E-state index contributed by atoms with van der Waals surface area (Å²) in [6.45, 7) is 13.8. The van der Waals surface area contributed by atoms with Crippen molar-refractivity contribution in [3.8, 4) is 0 Å². The minimum atomic E-state index is 0.338. The van der Waals surface area contributed by atoms with Crippen LogP contribution in [-0.4, -0.2) is 25.2 Å². The molecule has 1 aromatic carbocycles. The van der Waals surface area contributed by atoms with Gasteiger partial charge in [0.25, 0.3) is 0 Å². The molecule has 1 aliphatic heterocycles. The molecular weight excluding hydrogens is 256 g/mol. The standard InChI is InChI=1S/C19H32N2/c1-6-11-19(5,13-20-15(2)3)14-21-16(4)12-17-9-7-8-10-18(17)21/h7-10,15-16,20H,6,11-14H2,1-5H3. The van der Waals surface area contributed by atoms with E-state index in [0.29, 0.717) is 17.5 Å². The minimum Gasteiger partial charge on any atom is -0.368 e. The maximum absolute atomic E-state index is 3.66. The van der Waals surface area contributed by atoms with E-state index in [1.807, 2.05) is 0 Å². The van der Waals surface area contributed by atoms with Gasteiger partial charge in [-0.2, -0.15) is 0 Å². The first-order valence-corrected chi connectivity index (χ1v) is 8.53. The number of nitrogens with one attached hydrogen (secondary N) is 1. The van der Waals surface area contributed by atoms with Gasteiger partial charge in [0.2, 0.25) is 0 Å². The smallest absolute Gasteiger partial charge is 0.0402 e. The number of para-hydroxylation sites is 1.